The maximum atomic E-state index is 12.7. The molecule has 0 heterocycles. The summed E-state index contributed by atoms with van der Waals surface area (Å²) in [6.45, 7) is 0.743. The van der Waals surface area contributed by atoms with E-state index in [0.717, 1.165) is 37.1 Å². The van der Waals surface area contributed by atoms with Gasteiger partial charge in [0.05, 0.1) is 11.3 Å². The second kappa shape index (κ2) is 6.35. The van der Waals surface area contributed by atoms with Crippen LogP contribution in [0.25, 0.3) is 0 Å². The van der Waals surface area contributed by atoms with Gasteiger partial charge in [0, 0.05) is 23.7 Å². The summed E-state index contributed by atoms with van der Waals surface area (Å²) in [7, 11) is 0. The fraction of sp³-hybridized carbons (Fsp3) is 0.571. The van der Waals surface area contributed by atoms with E-state index in [4.69, 9.17) is 5.11 Å². The number of rotatable bonds is 5. The largest absolute Gasteiger partial charge is 0.416 e. The average Bonchev–Trinajstić information content (AvgIpc) is 2.31. The normalized spacial score (nSPS) is 16.1. The summed E-state index contributed by atoms with van der Waals surface area (Å²) in [5, 5.41) is 8.97. The SMILES string of the molecule is OCCCN(c1ccc(C(F)(F)F)cc1Br)C1CCC1. The minimum absolute atomic E-state index is 0.0848. The molecule has 0 bridgehead atoms. The lowest BCUT2D eigenvalue weighted by molar-refractivity contribution is -0.137. The fourth-order valence-corrected chi connectivity index (χ4v) is 2.96. The topological polar surface area (TPSA) is 23.5 Å². The highest BCUT2D eigenvalue weighted by atomic mass is 79.9. The third-order valence-electron chi connectivity index (χ3n) is 3.66. The van der Waals surface area contributed by atoms with Crippen LogP contribution in [-0.4, -0.2) is 24.3 Å². The van der Waals surface area contributed by atoms with Crippen molar-refractivity contribution in [2.24, 2.45) is 0 Å². The Morgan fingerprint density at radius 1 is 1.30 bits per heavy atom. The van der Waals surface area contributed by atoms with Gasteiger partial charge in [-0.25, -0.2) is 0 Å². The fourth-order valence-electron chi connectivity index (χ4n) is 2.36. The Labute approximate surface area is 124 Å². The number of hydrogen-bond acceptors (Lipinski definition) is 2. The zero-order chi connectivity index (χ0) is 14.8. The molecule has 0 spiro atoms. The molecule has 6 heteroatoms. The van der Waals surface area contributed by atoms with E-state index >= 15 is 0 Å². The number of nitrogens with zero attached hydrogens (tertiary/aromatic N) is 1. The van der Waals surface area contributed by atoms with Gasteiger partial charge in [-0.3, -0.25) is 0 Å². The van der Waals surface area contributed by atoms with Crippen molar-refractivity contribution >= 4 is 21.6 Å². The molecule has 0 aliphatic heterocycles. The zero-order valence-corrected chi connectivity index (χ0v) is 12.5. The smallest absolute Gasteiger partial charge is 0.396 e. The van der Waals surface area contributed by atoms with Crippen molar-refractivity contribution in [3.8, 4) is 0 Å². The van der Waals surface area contributed by atoms with Crippen molar-refractivity contribution in [3.63, 3.8) is 0 Å². The summed E-state index contributed by atoms with van der Waals surface area (Å²) in [6, 6.07) is 4.13. The molecule has 20 heavy (non-hydrogen) atoms. The molecule has 0 amide bonds. The van der Waals surface area contributed by atoms with E-state index in [9.17, 15) is 13.2 Å². The van der Waals surface area contributed by atoms with Crippen LogP contribution in [0.15, 0.2) is 22.7 Å². The number of aliphatic hydroxyl groups excluding tert-OH is 1. The Kier molecular flexibility index (Phi) is 4.96. The van der Waals surface area contributed by atoms with E-state index < -0.39 is 11.7 Å². The van der Waals surface area contributed by atoms with E-state index in [1.165, 1.54) is 6.07 Å². The van der Waals surface area contributed by atoms with Gasteiger partial charge in [0.2, 0.25) is 0 Å². The third kappa shape index (κ3) is 3.47. The molecule has 0 atom stereocenters. The van der Waals surface area contributed by atoms with Crippen LogP contribution in [0.3, 0.4) is 0 Å². The molecule has 2 nitrogen and oxygen atoms in total. The first kappa shape index (κ1) is 15.6. The predicted octanol–water partition coefficient (Wildman–Crippen LogP) is 4.21. The molecule has 1 aromatic carbocycles. The van der Waals surface area contributed by atoms with Crippen molar-refractivity contribution in [2.75, 3.05) is 18.1 Å². The Morgan fingerprint density at radius 2 is 2.00 bits per heavy atom. The Morgan fingerprint density at radius 3 is 2.45 bits per heavy atom. The van der Waals surface area contributed by atoms with E-state index in [1.54, 1.807) is 0 Å². The molecule has 1 saturated carbocycles. The lowest BCUT2D eigenvalue weighted by Gasteiger charge is -2.40. The van der Waals surface area contributed by atoms with Gasteiger partial charge in [0.15, 0.2) is 0 Å². The summed E-state index contributed by atoms with van der Waals surface area (Å²) in [5.41, 5.74) is 0.125. The average molecular weight is 352 g/mol. The molecule has 0 aromatic heterocycles. The van der Waals surface area contributed by atoms with Crippen molar-refractivity contribution in [3.05, 3.63) is 28.2 Å². The molecule has 1 aromatic rings. The second-order valence-corrected chi connectivity index (χ2v) is 5.87. The summed E-state index contributed by atoms with van der Waals surface area (Å²) in [4.78, 5) is 2.10. The van der Waals surface area contributed by atoms with E-state index in [-0.39, 0.29) is 6.61 Å². The maximum absolute atomic E-state index is 12.7. The highest BCUT2D eigenvalue weighted by Gasteiger charge is 2.32. The molecule has 112 valence electrons. The van der Waals surface area contributed by atoms with Gasteiger partial charge in [-0.15, -0.1) is 0 Å². The first-order chi connectivity index (χ1) is 9.43. The van der Waals surface area contributed by atoms with Gasteiger partial charge < -0.3 is 10.0 Å². The Hall–Kier alpha value is -0.750. The van der Waals surface area contributed by atoms with E-state index in [0.29, 0.717) is 23.5 Å². The zero-order valence-electron chi connectivity index (χ0n) is 11.0. The predicted molar refractivity (Wildman–Crippen MR) is 75.8 cm³/mol. The van der Waals surface area contributed by atoms with E-state index in [2.05, 4.69) is 20.8 Å². The molecule has 0 radical (unpaired) electrons. The number of aliphatic hydroxyl groups is 1. The van der Waals surface area contributed by atoms with Gasteiger partial charge in [0.25, 0.3) is 0 Å². The highest BCUT2D eigenvalue weighted by molar-refractivity contribution is 9.10. The first-order valence-corrected chi connectivity index (χ1v) is 7.47. The highest BCUT2D eigenvalue weighted by Crippen LogP contribution is 2.38. The van der Waals surface area contributed by atoms with Gasteiger partial charge in [-0.05, 0) is 59.8 Å². The summed E-state index contributed by atoms with van der Waals surface area (Å²) >= 11 is 3.25. The van der Waals surface area contributed by atoms with Crippen LogP contribution in [0.5, 0.6) is 0 Å². The molecule has 1 aliphatic rings. The van der Waals surface area contributed by atoms with Crippen LogP contribution in [-0.2, 0) is 6.18 Å². The maximum Gasteiger partial charge on any atom is 0.416 e. The number of halogens is 4. The van der Waals surface area contributed by atoms with Crippen molar-refractivity contribution in [1.82, 2.24) is 0 Å². The summed E-state index contributed by atoms with van der Waals surface area (Å²) in [5.74, 6) is 0. The first-order valence-electron chi connectivity index (χ1n) is 6.67. The molecule has 0 saturated heterocycles. The summed E-state index contributed by atoms with van der Waals surface area (Å²) in [6.07, 6.45) is -0.451. The van der Waals surface area contributed by atoms with Crippen molar-refractivity contribution in [2.45, 2.75) is 37.9 Å². The number of hydrogen-bond donors (Lipinski definition) is 1. The molecule has 1 aliphatic carbocycles. The van der Waals surface area contributed by atoms with Crippen molar-refractivity contribution in [1.29, 1.82) is 0 Å². The number of alkyl halides is 3. The van der Waals surface area contributed by atoms with Crippen LogP contribution < -0.4 is 4.90 Å². The van der Waals surface area contributed by atoms with Gasteiger partial charge in [0.1, 0.15) is 0 Å². The van der Waals surface area contributed by atoms with Crippen LogP contribution in [0.4, 0.5) is 18.9 Å². The van der Waals surface area contributed by atoms with Crippen LogP contribution in [0.2, 0.25) is 0 Å². The molecule has 2 rings (SSSR count). The molecule has 1 N–H and O–H groups in total. The number of anilines is 1. The summed E-state index contributed by atoms with van der Waals surface area (Å²) < 4.78 is 38.5. The Balaban J connectivity index is 2.24. The third-order valence-corrected chi connectivity index (χ3v) is 4.29. The van der Waals surface area contributed by atoms with Crippen molar-refractivity contribution < 1.29 is 18.3 Å². The molecular formula is C14H17BrF3NO. The standard InChI is InChI=1S/C14H17BrF3NO/c15-12-9-10(14(16,17)18)5-6-13(12)19(7-2-8-20)11-3-1-4-11/h5-6,9,11,20H,1-4,7-8H2. The van der Waals surface area contributed by atoms with Crippen LogP contribution in [0.1, 0.15) is 31.2 Å². The van der Waals surface area contributed by atoms with Crippen LogP contribution >= 0.6 is 15.9 Å². The Bertz CT molecular complexity index is 460. The van der Waals surface area contributed by atoms with Gasteiger partial charge in [-0.2, -0.15) is 13.2 Å². The monoisotopic (exact) mass is 351 g/mol. The molecular weight excluding hydrogens is 335 g/mol. The van der Waals surface area contributed by atoms with Gasteiger partial charge >= 0.3 is 6.18 Å². The molecule has 0 unspecified atom stereocenters. The minimum atomic E-state index is -4.33. The minimum Gasteiger partial charge on any atom is -0.396 e. The van der Waals surface area contributed by atoms with Crippen LogP contribution in [0, 0.1) is 0 Å². The number of benzene rings is 1. The van der Waals surface area contributed by atoms with Gasteiger partial charge in [-0.1, -0.05) is 0 Å². The van der Waals surface area contributed by atoms with E-state index in [1.807, 2.05) is 0 Å². The quantitative estimate of drug-likeness (QED) is 0.858. The lowest BCUT2D eigenvalue weighted by atomic mass is 9.91. The molecule has 1 fully saturated rings. The lowest BCUT2D eigenvalue weighted by Crippen LogP contribution is -2.41. The second-order valence-electron chi connectivity index (χ2n) is 5.02.